The summed E-state index contributed by atoms with van der Waals surface area (Å²) in [7, 11) is 0. The van der Waals surface area contributed by atoms with Crippen molar-refractivity contribution < 1.29 is 20.1 Å². The fourth-order valence-corrected chi connectivity index (χ4v) is 4.42. The molecule has 6 heteroatoms. The molecule has 0 heterocycles. The van der Waals surface area contributed by atoms with E-state index in [1.54, 1.807) is 12.1 Å². The lowest BCUT2D eigenvalue weighted by Crippen LogP contribution is -2.45. The maximum absolute atomic E-state index is 12.7. The smallest absolute Gasteiger partial charge is 0.224 e. The van der Waals surface area contributed by atoms with Gasteiger partial charge in [-0.25, -0.2) is 0 Å². The zero-order valence-electron chi connectivity index (χ0n) is 21.4. The highest BCUT2D eigenvalue weighted by Crippen LogP contribution is 2.22. The Labute approximate surface area is 214 Å². The molecule has 3 aromatic carbocycles. The van der Waals surface area contributed by atoms with E-state index in [1.807, 2.05) is 57.2 Å². The van der Waals surface area contributed by atoms with Crippen molar-refractivity contribution in [2.75, 3.05) is 6.54 Å². The molecule has 0 aliphatic heterocycles. The average Bonchev–Trinajstić information content (AvgIpc) is 2.83. The molecule has 6 nitrogen and oxygen atoms in total. The van der Waals surface area contributed by atoms with E-state index in [1.165, 1.54) is 11.6 Å². The quantitative estimate of drug-likeness (QED) is 0.266. The minimum absolute atomic E-state index is 0.00137. The largest absolute Gasteiger partial charge is 0.508 e. The third-order valence-corrected chi connectivity index (χ3v) is 6.18. The lowest BCUT2D eigenvalue weighted by Gasteiger charge is -2.26. The Morgan fingerprint density at radius 1 is 0.944 bits per heavy atom. The van der Waals surface area contributed by atoms with Gasteiger partial charge in [0, 0.05) is 23.7 Å². The minimum atomic E-state index is -0.757. The van der Waals surface area contributed by atoms with Gasteiger partial charge in [0.1, 0.15) is 5.75 Å². The van der Waals surface area contributed by atoms with Crippen LogP contribution in [0.3, 0.4) is 0 Å². The minimum Gasteiger partial charge on any atom is -0.508 e. The Morgan fingerprint density at radius 2 is 1.64 bits per heavy atom. The number of hydrogen-bond acceptors (Lipinski definition) is 5. The third-order valence-electron chi connectivity index (χ3n) is 6.18. The van der Waals surface area contributed by atoms with E-state index in [-0.39, 0.29) is 29.8 Å². The van der Waals surface area contributed by atoms with E-state index in [2.05, 4.69) is 28.8 Å². The average molecular weight is 491 g/mol. The number of benzene rings is 3. The molecule has 0 bridgehead atoms. The topological polar surface area (TPSA) is 102 Å². The molecular weight excluding hydrogens is 452 g/mol. The van der Waals surface area contributed by atoms with Crippen LogP contribution in [0.4, 0.5) is 0 Å². The summed E-state index contributed by atoms with van der Waals surface area (Å²) in [4.78, 5) is 12.7. The summed E-state index contributed by atoms with van der Waals surface area (Å²) in [5.74, 6) is 0.0154. The highest BCUT2D eigenvalue weighted by molar-refractivity contribution is 5.79. The predicted octanol–water partition coefficient (Wildman–Crippen LogP) is 3.82. The number of carbonyl (C=O) groups excluding carboxylic acids is 1. The van der Waals surface area contributed by atoms with Gasteiger partial charge in [-0.3, -0.25) is 4.79 Å². The summed E-state index contributed by atoms with van der Waals surface area (Å²) < 4.78 is 0. The third kappa shape index (κ3) is 8.48. The SMILES string of the molecule is CC(Cc1cccc(CC(=O)NC(C)(C)Cc2ccccc2)c1)NC[C@H](O)c1ccc(O)c(CO)c1. The van der Waals surface area contributed by atoms with Gasteiger partial charge >= 0.3 is 0 Å². The number of amides is 1. The molecule has 0 saturated heterocycles. The van der Waals surface area contributed by atoms with Crippen molar-refractivity contribution in [3.63, 3.8) is 0 Å². The van der Waals surface area contributed by atoms with Crippen LogP contribution in [-0.4, -0.2) is 39.4 Å². The van der Waals surface area contributed by atoms with Gasteiger partial charge in [0.15, 0.2) is 0 Å². The number of rotatable bonds is 12. The van der Waals surface area contributed by atoms with Gasteiger partial charge in [0.2, 0.25) is 5.91 Å². The second-order valence-electron chi connectivity index (χ2n) is 10.2. The maximum Gasteiger partial charge on any atom is 0.224 e. The van der Waals surface area contributed by atoms with Gasteiger partial charge in [-0.15, -0.1) is 0 Å². The second kappa shape index (κ2) is 12.7. The predicted molar refractivity (Wildman–Crippen MR) is 143 cm³/mol. The monoisotopic (exact) mass is 490 g/mol. The molecule has 0 aromatic heterocycles. The van der Waals surface area contributed by atoms with E-state index in [0.29, 0.717) is 24.1 Å². The van der Waals surface area contributed by atoms with E-state index in [9.17, 15) is 20.1 Å². The first-order chi connectivity index (χ1) is 17.1. The van der Waals surface area contributed by atoms with Crippen LogP contribution in [0.2, 0.25) is 0 Å². The van der Waals surface area contributed by atoms with Crippen LogP contribution < -0.4 is 10.6 Å². The van der Waals surface area contributed by atoms with Crippen molar-refractivity contribution in [3.05, 3.63) is 101 Å². The Hall–Kier alpha value is -3.19. The van der Waals surface area contributed by atoms with Crippen molar-refractivity contribution in [2.24, 2.45) is 0 Å². The molecule has 1 unspecified atom stereocenters. The number of aromatic hydroxyl groups is 1. The fourth-order valence-electron chi connectivity index (χ4n) is 4.42. The van der Waals surface area contributed by atoms with E-state index in [4.69, 9.17) is 0 Å². The molecule has 36 heavy (non-hydrogen) atoms. The lowest BCUT2D eigenvalue weighted by molar-refractivity contribution is -0.122. The van der Waals surface area contributed by atoms with E-state index >= 15 is 0 Å². The lowest BCUT2D eigenvalue weighted by atomic mass is 9.94. The Bertz CT molecular complexity index is 1130. The van der Waals surface area contributed by atoms with Crippen LogP contribution in [0, 0.1) is 0 Å². The van der Waals surface area contributed by atoms with Gasteiger partial charge in [-0.1, -0.05) is 60.7 Å². The number of phenols is 1. The van der Waals surface area contributed by atoms with Crippen LogP contribution in [-0.2, 0) is 30.7 Å². The maximum atomic E-state index is 12.7. The van der Waals surface area contributed by atoms with Gasteiger partial charge in [0.05, 0.1) is 19.1 Å². The van der Waals surface area contributed by atoms with Crippen molar-refractivity contribution in [3.8, 4) is 5.75 Å². The molecule has 0 spiro atoms. The molecule has 0 aliphatic rings. The first-order valence-electron chi connectivity index (χ1n) is 12.4. The van der Waals surface area contributed by atoms with E-state index < -0.39 is 6.10 Å². The van der Waals surface area contributed by atoms with Gasteiger partial charge in [-0.05, 0) is 68.0 Å². The summed E-state index contributed by atoms with van der Waals surface area (Å²) in [5, 5.41) is 36.0. The normalized spacial score (nSPS) is 13.2. The molecule has 0 aliphatic carbocycles. The van der Waals surface area contributed by atoms with Crippen molar-refractivity contribution in [1.29, 1.82) is 0 Å². The van der Waals surface area contributed by atoms with Gasteiger partial charge < -0.3 is 26.0 Å². The zero-order chi connectivity index (χ0) is 26.1. The molecular formula is C30H38N2O4. The van der Waals surface area contributed by atoms with Crippen LogP contribution in [0.25, 0.3) is 0 Å². The highest BCUT2D eigenvalue weighted by Gasteiger charge is 2.21. The summed E-state index contributed by atoms with van der Waals surface area (Å²) >= 11 is 0. The van der Waals surface area contributed by atoms with Crippen molar-refractivity contribution in [2.45, 2.75) is 64.3 Å². The number of aliphatic hydroxyl groups excluding tert-OH is 2. The second-order valence-corrected chi connectivity index (χ2v) is 10.2. The Balaban J connectivity index is 1.50. The highest BCUT2D eigenvalue weighted by atomic mass is 16.3. The van der Waals surface area contributed by atoms with Crippen LogP contribution in [0.15, 0.2) is 72.8 Å². The molecule has 0 radical (unpaired) electrons. The summed E-state index contributed by atoms with van der Waals surface area (Å²) in [6.45, 7) is 6.19. The molecule has 3 rings (SSSR count). The Kier molecular flexibility index (Phi) is 9.65. The van der Waals surface area contributed by atoms with Gasteiger partial charge in [0.25, 0.3) is 0 Å². The number of hydrogen-bond donors (Lipinski definition) is 5. The van der Waals surface area contributed by atoms with Crippen LogP contribution in [0.5, 0.6) is 5.75 Å². The molecule has 0 saturated carbocycles. The zero-order valence-corrected chi connectivity index (χ0v) is 21.4. The summed E-state index contributed by atoms with van der Waals surface area (Å²) in [6, 6.07) is 23.1. The van der Waals surface area contributed by atoms with Crippen LogP contribution in [0.1, 0.15) is 54.7 Å². The molecule has 1 amide bonds. The Morgan fingerprint density at radius 3 is 2.36 bits per heavy atom. The molecule has 2 atom stereocenters. The number of nitrogens with one attached hydrogen (secondary N) is 2. The molecule has 5 N–H and O–H groups in total. The van der Waals surface area contributed by atoms with Crippen molar-refractivity contribution >= 4 is 5.91 Å². The fraction of sp³-hybridized carbons (Fsp3) is 0.367. The molecule has 0 fully saturated rings. The van der Waals surface area contributed by atoms with E-state index in [0.717, 1.165) is 24.0 Å². The number of carbonyl (C=O) groups is 1. The first-order valence-corrected chi connectivity index (χ1v) is 12.4. The summed E-state index contributed by atoms with van der Waals surface area (Å²) in [6.07, 6.45) is 1.08. The molecule has 192 valence electrons. The standard InChI is InChI=1S/C30H38N2O4/c1-21(31-19-28(35)25-12-13-27(34)26(17-25)20-33)14-23-10-7-11-24(15-23)16-29(36)32-30(2,3)18-22-8-5-4-6-9-22/h4-13,15,17,21,28,31,33-35H,14,16,18-20H2,1-3H3,(H,32,36)/t21?,28-/m0/s1. The number of aliphatic hydroxyl groups is 2. The van der Waals surface area contributed by atoms with Crippen molar-refractivity contribution in [1.82, 2.24) is 10.6 Å². The van der Waals surface area contributed by atoms with Gasteiger partial charge in [-0.2, -0.15) is 0 Å². The molecule has 3 aromatic rings. The summed E-state index contributed by atoms with van der Waals surface area (Å²) in [5.41, 5.74) is 3.96. The first kappa shape index (κ1) is 27.4. The van der Waals surface area contributed by atoms with Crippen LogP contribution >= 0.6 is 0 Å².